The van der Waals surface area contributed by atoms with Crippen molar-refractivity contribution in [2.24, 2.45) is 5.73 Å². The number of para-hydroxylation sites is 1. The lowest BCUT2D eigenvalue weighted by atomic mass is 9.64. The number of carbonyl (C=O) groups excluding carboxylic acids is 2. The summed E-state index contributed by atoms with van der Waals surface area (Å²) in [5.74, 6) is -0.280. The van der Waals surface area contributed by atoms with Crippen LogP contribution in [0.4, 0.5) is 11.4 Å². The average molecular weight is 397 g/mol. The number of nitriles is 1. The number of hydrogen-bond donors (Lipinski definition) is 1. The number of benzene rings is 1. The van der Waals surface area contributed by atoms with Gasteiger partial charge in [-0.25, -0.2) is 0 Å². The number of amides is 1. The molecular formula is C23H19N5O2. The maximum absolute atomic E-state index is 13.8. The highest BCUT2D eigenvalue weighted by Crippen LogP contribution is 2.56. The fourth-order valence-corrected chi connectivity index (χ4v) is 5.02. The van der Waals surface area contributed by atoms with E-state index >= 15 is 0 Å². The van der Waals surface area contributed by atoms with Gasteiger partial charge in [-0.2, -0.15) is 5.26 Å². The van der Waals surface area contributed by atoms with Gasteiger partial charge in [0.05, 0.1) is 17.5 Å². The van der Waals surface area contributed by atoms with Crippen LogP contribution < -0.4 is 15.5 Å². The van der Waals surface area contributed by atoms with Crippen molar-refractivity contribution in [2.75, 3.05) is 16.8 Å². The predicted octanol–water partition coefficient (Wildman–Crippen LogP) is 2.52. The van der Waals surface area contributed by atoms with Crippen molar-refractivity contribution in [1.29, 1.82) is 5.26 Å². The quantitative estimate of drug-likeness (QED) is 0.793. The number of rotatable bonds is 1. The lowest BCUT2D eigenvalue weighted by Gasteiger charge is -2.43. The van der Waals surface area contributed by atoms with Crippen LogP contribution in [0.15, 0.2) is 71.5 Å². The van der Waals surface area contributed by atoms with Crippen LogP contribution in [-0.2, 0) is 15.0 Å². The Kier molecular flexibility index (Phi) is 3.80. The van der Waals surface area contributed by atoms with Crippen LogP contribution >= 0.6 is 0 Å². The number of fused-ring (bicyclic) bond motifs is 3. The summed E-state index contributed by atoms with van der Waals surface area (Å²) in [5, 5.41) is 10.2. The van der Waals surface area contributed by atoms with Crippen LogP contribution in [-0.4, -0.2) is 23.7 Å². The molecule has 1 amide bonds. The first-order valence-electron chi connectivity index (χ1n) is 9.78. The fourth-order valence-electron chi connectivity index (χ4n) is 5.02. The molecule has 0 bridgehead atoms. The molecule has 0 unspecified atom stereocenters. The summed E-state index contributed by atoms with van der Waals surface area (Å²) in [7, 11) is 1.67. The van der Waals surface area contributed by atoms with Crippen molar-refractivity contribution in [3.05, 3.63) is 77.0 Å². The van der Waals surface area contributed by atoms with Gasteiger partial charge in [0.25, 0.3) is 0 Å². The molecule has 1 aliphatic carbocycles. The van der Waals surface area contributed by atoms with Crippen LogP contribution in [0.1, 0.15) is 24.8 Å². The lowest BCUT2D eigenvalue weighted by molar-refractivity contribution is -0.124. The Morgan fingerprint density at radius 3 is 2.70 bits per heavy atom. The molecule has 0 saturated heterocycles. The molecule has 0 saturated carbocycles. The predicted molar refractivity (Wildman–Crippen MR) is 111 cm³/mol. The van der Waals surface area contributed by atoms with Crippen molar-refractivity contribution < 1.29 is 9.59 Å². The molecule has 1 aromatic carbocycles. The zero-order chi connectivity index (χ0) is 21.0. The van der Waals surface area contributed by atoms with Gasteiger partial charge in [-0.3, -0.25) is 19.5 Å². The number of Topliss-reactive ketones (excluding diaryl/α,β-unsaturated/α-hetero) is 1. The second-order valence-electron chi connectivity index (χ2n) is 7.65. The molecular weight excluding hydrogens is 378 g/mol. The molecule has 7 nitrogen and oxygen atoms in total. The Morgan fingerprint density at radius 2 is 1.97 bits per heavy atom. The Labute approximate surface area is 173 Å². The van der Waals surface area contributed by atoms with E-state index in [2.05, 4.69) is 11.1 Å². The van der Waals surface area contributed by atoms with Gasteiger partial charge in [0.1, 0.15) is 17.3 Å². The van der Waals surface area contributed by atoms with Gasteiger partial charge in [-0.15, -0.1) is 0 Å². The van der Waals surface area contributed by atoms with Crippen LogP contribution in [0, 0.1) is 11.3 Å². The van der Waals surface area contributed by atoms with E-state index in [4.69, 9.17) is 5.73 Å². The van der Waals surface area contributed by atoms with E-state index in [1.54, 1.807) is 30.4 Å². The minimum atomic E-state index is -1.50. The Hall–Kier alpha value is -3.92. The molecule has 2 N–H and O–H groups in total. The van der Waals surface area contributed by atoms with Gasteiger partial charge in [0.2, 0.25) is 5.91 Å². The summed E-state index contributed by atoms with van der Waals surface area (Å²) in [4.78, 5) is 34.5. The van der Waals surface area contributed by atoms with E-state index in [1.165, 1.54) is 4.90 Å². The molecule has 148 valence electrons. The molecule has 1 spiro atoms. The Balaban J connectivity index is 1.91. The van der Waals surface area contributed by atoms with E-state index in [-0.39, 0.29) is 23.1 Å². The average Bonchev–Trinajstić information content (AvgIpc) is 2.98. The lowest BCUT2D eigenvalue weighted by Crippen LogP contribution is -2.52. The second kappa shape index (κ2) is 6.29. The maximum atomic E-state index is 13.8. The first-order valence-corrected chi connectivity index (χ1v) is 9.78. The molecule has 3 heterocycles. The molecule has 0 fully saturated rings. The fraction of sp³-hybridized carbons (Fsp3) is 0.217. The van der Waals surface area contributed by atoms with Gasteiger partial charge in [-0.1, -0.05) is 18.2 Å². The zero-order valence-electron chi connectivity index (χ0n) is 16.4. The molecule has 7 heteroatoms. The summed E-state index contributed by atoms with van der Waals surface area (Å²) in [6, 6.07) is 13.1. The van der Waals surface area contributed by atoms with Crippen molar-refractivity contribution in [2.45, 2.75) is 24.7 Å². The molecule has 0 radical (unpaired) electrons. The third-order valence-corrected chi connectivity index (χ3v) is 6.21. The van der Waals surface area contributed by atoms with Gasteiger partial charge in [0, 0.05) is 42.2 Å². The van der Waals surface area contributed by atoms with Crippen LogP contribution in [0.3, 0.4) is 0 Å². The maximum Gasteiger partial charge on any atom is 0.247 e. The minimum Gasteiger partial charge on any atom is -0.384 e. The van der Waals surface area contributed by atoms with E-state index in [1.807, 2.05) is 30.3 Å². The largest absolute Gasteiger partial charge is 0.384 e. The summed E-state index contributed by atoms with van der Waals surface area (Å²) in [6.07, 6.45) is 4.86. The summed E-state index contributed by atoms with van der Waals surface area (Å²) in [6.45, 7) is 0. The van der Waals surface area contributed by atoms with Crippen molar-refractivity contribution in [3.63, 3.8) is 0 Å². The van der Waals surface area contributed by atoms with Gasteiger partial charge in [-0.05, 0) is 31.0 Å². The normalized spacial score (nSPS) is 23.1. The minimum absolute atomic E-state index is 0.0853. The SMILES string of the molecule is CN1C(=O)[C@]2(C(C#N)=C(N)N(c3cccnc3)C3=C2C(=O)CCC3)c2ccccc21. The molecule has 1 aromatic heterocycles. The number of allylic oxidation sites excluding steroid dienone is 1. The number of pyridine rings is 1. The highest BCUT2D eigenvalue weighted by atomic mass is 16.2. The first-order chi connectivity index (χ1) is 14.5. The van der Waals surface area contributed by atoms with Crippen molar-refractivity contribution in [3.8, 4) is 6.07 Å². The van der Waals surface area contributed by atoms with Crippen LogP contribution in [0.25, 0.3) is 0 Å². The monoisotopic (exact) mass is 397 g/mol. The van der Waals surface area contributed by atoms with E-state index in [0.29, 0.717) is 47.5 Å². The van der Waals surface area contributed by atoms with Crippen LogP contribution in [0.5, 0.6) is 0 Å². The number of nitrogens with zero attached hydrogens (tertiary/aromatic N) is 4. The number of ketones is 1. The summed E-state index contributed by atoms with van der Waals surface area (Å²) < 4.78 is 0. The molecule has 1 atom stereocenters. The smallest absolute Gasteiger partial charge is 0.247 e. The summed E-state index contributed by atoms with van der Waals surface area (Å²) in [5.41, 5.74) is 8.17. The standard InChI is InChI=1S/C23H19N5O2/c1-27-17-8-3-2-7-15(17)23(22(27)30)16(12-24)21(25)28(14-6-5-11-26-13-14)18-9-4-10-19(29)20(18)23/h2-3,5-8,11,13H,4,9-10,25H2,1H3/t23-/m0/s1. The van der Waals surface area contributed by atoms with Crippen LogP contribution in [0.2, 0.25) is 0 Å². The molecule has 5 rings (SSSR count). The Morgan fingerprint density at radius 1 is 1.17 bits per heavy atom. The molecule has 3 aliphatic rings. The number of aromatic nitrogens is 1. The van der Waals surface area contributed by atoms with Gasteiger partial charge in [0.15, 0.2) is 5.78 Å². The van der Waals surface area contributed by atoms with E-state index in [9.17, 15) is 14.9 Å². The van der Waals surface area contributed by atoms with E-state index in [0.717, 1.165) is 0 Å². The zero-order valence-corrected chi connectivity index (χ0v) is 16.4. The number of carbonyl (C=O) groups is 2. The third kappa shape index (κ3) is 2.05. The first kappa shape index (κ1) is 18.1. The number of anilines is 2. The van der Waals surface area contributed by atoms with Crippen molar-refractivity contribution >= 4 is 23.1 Å². The highest BCUT2D eigenvalue weighted by molar-refractivity contribution is 6.20. The second-order valence-corrected chi connectivity index (χ2v) is 7.65. The number of likely N-dealkylation sites (N-methyl/N-ethyl adjacent to an activating group) is 1. The van der Waals surface area contributed by atoms with E-state index < -0.39 is 5.41 Å². The molecule has 2 aromatic rings. The molecule has 2 aliphatic heterocycles. The van der Waals surface area contributed by atoms with Gasteiger partial charge >= 0.3 is 0 Å². The van der Waals surface area contributed by atoms with Crippen molar-refractivity contribution in [1.82, 2.24) is 4.98 Å². The molecule has 30 heavy (non-hydrogen) atoms. The number of nitrogens with two attached hydrogens (primary N) is 1. The summed E-state index contributed by atoms with van der Waals surface area (Å²) >= 11 is 0. The topological polar surface area (TPSA) is 103 Å². The third-order valence-electron chi connectivity index (χ3n) is 6.21. The van der Waals surface area contributed by atoms with Gasteiger partial charge < -0.3 is 10.6 Å². The number of hydrogen-bond acceptors (Lipinski definition) is 6. The Bertz CT molecular complexity index is 1210. The highest BCUT2D eigenvalue weighted by Gasteiger charge is 2.61.